The molecule has 1 amide bonds. The molecule has 1 aromatic carbocycles. The van der Waals surface area contributed by atoms with Crippen LogP contribution in [-0.2, 0) is 6.42 Å². The summed E-state index contributed by atoms with van der Waals surface area (Å²) in [5, 5.41) is 0. The number of pyridine rings is 1. The fourth-order valence-electron chi connectivity index (χ4n) is 2.63. The van der Waals surface area contributed by atoms with Crippen LogP contribution in [0.1, 0.15) is 27.9 Å². The second-order valence-electron chi connectivity index (χ2n) is 5.06. The number of rotatable bonds is 1. The van der Waals surface area contributed by atoms with E-state index in [-0.39, 0.29) is 5.91 Å². The molecule has 0 radical (unpaired) electrons. The summed E-state index contributed by atoms with van der Waals surface area (Å²) in [6.45, 7) is 2.71. The predicted molar refractivity (Wildman–Crippen MR) is 75.4 cm³/mol. The topological polar surface area (TPSA) is 33.2 Å². The van der Waals surface area contributed by atoms with Crippen molar-refractivity contribution in [1.29, 1.82) is 0 Å². The number of nitrogens with zero attached hydrogens (tertiary/aromatic N) is 2. The van der Waals surface area contributed by atoms with E-state index in [1.165, 1.54) is 23.4 Å². The lowest BCUT2D eigenvalue weighted by molar-refractivity contribution is 0.0984. The molecule has 0 fully saturated rings. The molecule has 0 N–H and O–H groups in total. The van der Waals surface area contributed by atoms with Crippen molar-refractivity contribution in [1.82, 2.24) is 4.98 Å². The van der Waals surface area contributed by atoms with E-state index in [9.17, 15) is 9.18 Å². The average molecular weight is 270 g/mol. The van der Waals surface area contributed by atoms with Crippen LogP contribution in [0.2, 0.25) is 0 Å². The Hall–Kier alpha value is -2.23. The van der Waals surface area contributed by atoms with Crippen LogP contribution in [0, 0.1) is 12.9 Å². The molecule has 0 spiro atoms. The molecular weight excluding hydrogens is 255 g/mol. The summed E-state index contributed by atoms with van der Waals surface area (Å²) in [4.78, 5) is 17.7. The van der Waals surface area contributed by atoms with Crippen LogP contribution >= 0.6 is 0 Å². The highest BCUT2D eigenvalue weighted by Crippen LogP contribution is 2.29. The van der Waals surface area contributed by atoms with Crippen LogP contribution in [-0.4, -0.2) is 17.4 Å². The maximum Gasteiger partial charge on any atom is 0.258 e. The van der Waals surface area contributed by atoms with Gasteiger partial charge in [-0.2, -0.15) is 4.39 Å². The quantitative estimate of drug-likeness (QED) is 0.746. The maximum absolute atomic E-state index is 13.2. The summed E-state index contributed by atoms with van der Waals surface area (Å²) < 4.78 is 13.2. The van der Waals surface area contributed by atoms with Gasteiger partial charge in [0.25, 0.3) is 5.91 Å². The number of hydrogen-bond donors (Lipinski definition) is 0. The van der Waals surface area contributed by atoms with Gasteiger partial charge in [0.05, 0.1) is 0 Å². The Morgan fingerprint density at radius 2 is 2.15 bits per heavy atom. The minimum Gasteiger partial charge on any atom is -0.308 e. The number of aromatic nitrogens is 1. The van der Waals surface area contributed by atoms with Gasteiger partial charge in [-0.05, 0) is 37.5 Å². The molecule has 20 heavy (non-hydrogen) atoms. The average Bonchev–Trinajstić information content (AvgIpc) is 2.45. The highest BCUT2D eigenvalue weighted by molar-refractivity contribution is 6.06. The third-order valence-corrected chi connectivity index (χ3v) is 3.57. The van der Waals surface area contributed by atoms with Crippen LogP contribution in [0.3, 0.4) is 0 Å². The highest BCUT2D eigenvalue weighted by atomic mass is 19.1. The SMILES string of the molecule is Cc1ccc2c(c1)CCCN2C(=O)c1ccnc(F)c1. The van der Waals surface area contributed by atoms with Crippen LogP contribution in [0.4, 0.5) is 10.1 Å². The van der Waals surface area contributed by atoms with Crippen molar-refractivity contribution in [2.45, 2.75) is 19.8 Å². The van der Waals surface area contributed by atoms with Crippen molar-refractivity contribution >= 4 is 11.6 Å². The third-order valence-electron chi connectivity index (χ3n) is 3.57. The van der Waals surface area contributed by atoms with Crippen molar-refractivity contribution in [2.75, 3.05) is 11.4 Å². The summed E-state index contributed by atoms with van der Waals surface area (Å²) >= 11 is 0. The number of halogens is 1. The molecule has 1 aliphatic heterocycles. The minimum absolute atomic E-state index is 0.170. The molecule has 0 aliphatic carbocycles. The number of carbonyl (C=O) groups excluding carboxylic acids is 1. The van der Waals surface area contributed by atoms with E-state index < -0.39 is 5.95 Å². The van der Waals surface area contributed by atoms with Crippen LogP contribution in [0.5, 0.6) is 0 Å². The largest absolute Gasteiger partial charge is 0.308 e. The van der Waals surface area contributed by atoms with E-state index in [0.29, 0.717) is 12.1 Å². The smallest absolute Gasteiger partial charge is 0.258 e. The summed E-state index contributed by atoms with van der Waals surface area (Å²) in [5.41, 5.74) is 3.64. The van der Waals surface area contributed by atoms with Crippen molar-refractivity contribution in [3.05, 3.63) is 59.2 Å². The number of fused-ring (bicyclic) bond motifs is 1. The van der Waals surface area contributed by atoms with Crippen LogP contribution in [0.25, 0.3) is 0 Å². The first-order chi connectivity index (χ1) is 9.65. The Labute approximate surface area is 117 Å². The molecule has 1 aliphatic rings. The van der Waals surface area contributed by atoms with Gasteiger partial charge in [0.2, 0.25) is 5.95 Å². The standard InChI is InChI=1S/C16H15FN2O/c1-11-4-5-14-12(9-11)3-2-8-19(14)16(20)13-6-7-18-15(17)10-13/h4-7,9-10H,2-3,8H2,1H3. The summed E-state index contributed by atoms with van der Waals surface area (Å²) in [5.74, 6) is -0.798. The first-order valence-electron chi connectivity index (χ1n) is 6.68. The predicted octanol–water partition coefficient (Wildman–Crippen LogP) is 3.12. The Morgan fingerprint density at radius 3 is 2.95 bits per heavy atom. The number of benzene rings is 1. The summed E-state index contributed by atoms with van der Waals surface area (Å²) in [6.07, 6.45) is 3.23. The molecule has 0 unspecified atom stereocenters. The van der Waals surface area contributed by atoms with Gasteiger partial charge >= 0.3 is 0 Å². The molecule has 0 saturated carbocycles. The van der Waals surface area contributed by atoms with Crippen molar-refractivity contribution in [2.24, 2.45) is 0 Å². The zero-order chi connectivity index (χ0) is 14.1. The second kappa shape index (κ2) is 5.04. The number of hydrogen-bond acceptors (Lipinski definition) is 2. The van der Waals surface area contributed by atoms with Gasteiger partial charge in [0, 0.05) is 30.1 Å². The van der Waals surface area contributed by atoms with Crippen LogP contribution < -0.4 is 4.90 Å². The van der Waals surface area contributed by atoms with E-state index in [0.717, 1.165) is 18.5 Å². The normalized spacial score (nSPS) is 14.0. The first-order valence-corrected chi connectivity index (χ1v) is 6.68. The lowest BCUT2D eigenvalue weighted by Crippen LogP contribution is -2.35. The Balaban J connectivity index is 1.98. The van der Waals surface area contributed by atoms with Gasteiger partial charge in [0.1, 0.15) is 0 Å². The fourth-order valence-corrected chi connectivity index (χ4v) is 2.63. The van der Waals surface area contributed by atoms with Crippen molar-refractivity contribution < 1.29 is 9.18 Å². The molecule has 0 atom stereocenters. The monoisotopic (exact) mass is 270 g/mol. The van der Waals surface area contributed by atoms with Gasteiger partial charge in [-0.3, -0.25) is 4.79 Å². The van der Waals surface area contributed by atoms with E-state index in [4.69, 9.17) is 0 Å². The Bertz CT molecular complexity index is 669. The molecule has 3 rings (SSSR count). The number of anilines is 1. The molecule has 102 valence electrons. The van der Waals surface area contributed by atoms with Crippen molar-refractivity contribution in [3.63, 3.8) is 0 Å². The van der Waals surface area contributed by atoms with E-state index in [1.807, 2.05) is 19.1 Å². The van der Waals surface area contributed by atoms with Crippen LogP contribution in [0.15, 0.2) is 36.5 Å². The number of aryl methyl sites for hydroxylation is 2. The third kappa shape index (κ3) is 2.29. The zero-order valence-electron chi connectivity index (χ0n) is 11.3. The van der Waals surface area contributed by atoms with Gasteiger partial charge in [0.15, 0.2) is 0 Å². The Morgan fingerprint density at radius 1 is 1.30 bits per heavy atom. The van der Waals surface area contributed by atoms with E-state index in [2.05, 4.69) is 11.1 Å². The highest BCUT2D eigenvalue weighted by Gasteiger charge is 2.23. The molecule has 0 saturated heterocycles. The lowest BCUT2D eigenvalue weighted by atomic mass is 9.99. The minimum atomic E-state index is -0.628. The van der Waals surface area contributed by atoms with E-state index in [1.54, 1.807) is 11.0 Å². The Kier molecular flexibility index (Phi) is 3.22. The molecule has 1 aromatic heterocycles. The molecule has 3 nitrogen and oxygen atoms in total. The molecule has 4 heteroatoms. The van der Waals surface area contributed by atoms with Gasteiger partial charge in [-0.1, -0.05) is 17.7 Å². The summed E-state index contributed by atoms with van der Waals surface area (Å²) in [6, 6.07) is 8.82. The molecule has 2 heterocycles. The van der Waals surface area contributed by atoms with Gasteiger partial charge < -0.3 is 4.90 Å². The number of carbonyl (C=O) groups is 1. The fraction of sp³-hybridized carbons (Fsp3) is 0.250. The van der Waals surface area contributed by atoms with E-state index >= 15 is 0 Å². The molecule has 0 bridgehead atoms. The van der Waals surface area contributed by atoms with Crippen molar-refractivity contribution in [3.8, 4) is 0 Å². The second-order valence-corrected chi connectivity index (χ2v) is 5.06. The molecule has 2 aromatic rings. The molecular formula is C16H15FN2O. The zero-order valence-corrected chi connectivity index (χ0v) is 11.3. The van der Waals surface area contributed by atoms with Gasteiger partial charge in [-0.15, -0.1) is 0 Å². The summed E-state index contributed by atoms with van der Waals surface area (Å²) in [7, 11) is 0. The first kappa shape index (κ1) is 12.8. The maximum atomic E-state index is 13.2. The van der Waals surface area contributed by atoms with Gasteiger partial charge in [-0.25, -0.2) is 4.98 Å². The lowest BCUT2D eigenvalue weighted by Gasteiger charge is -2.29. The number of amides is 1.